The molecule has 1 radical (unpaired) electrons. The van der Waals surface area contributed by atoms with Crippen molar-refractivity contribution < 1.29 is 49.2 Å². The van der Waals surface area contributed by atoms with Crippen LogP contribution in [-0.4, -0.2) is 45.4 Å². The van der Waals surface area contributed by atoms with E-state index in [0.29, 0.717) is 0 Å². The SMILES string of the molecule is Cl.OB(O)O.[Fe].[MgH2].[Mn]. The Bertz CT molecular complexity index is 24.0. The van der Waals surface area contributed by atoms with E-state index < -0.39 is 7.32 Å². The predicted molar refractivity (Wildman–Crippen MR) is 28.2 cm³/mol. The molecular formula is H6BClFeMgMnO3. The summed E-state index contributed by atoms with van der Waals surface area (Å²) in [7, 11) is -2.17. The Labute approximate surface area is 91.3 Å². The summed E-state index contributed by atoms with van der Waals surface area (Å²) in [5.41, 5.74) is 0. The molecule has 0 saturated heterocycles. The van der Waals surface area contributed by atoms with E-state index in [4.69, 9.17) is 15.1 Å². The second-order valence-corrected chi connectivity index (χ2v) is 0.346. The maximum Gasteiger partial charge on any atom is 0.631 e. The predicted octanol–water partition coefficient (Wildman–Crippen LogP) is -2.55. The molecule has 0 saturated carbocycles. The molecule has 51 valence electrons. The standard InChI is InChI=1S/BH3O3.ClH.Fe.Mg.Mn.2H/c2-1(3)4;;;;;;/h2-4H;1H;;;;;. The second-order valence-electron chi connectivity index (χ2n) is 0.346. The van der Waals surface area contributed by atoms with Gasteiger partial charge in [0.2, 0.25) is 0 Å². The molecule has 0 aromatic heterocycles. The average molecular weight is 235 g/mol. The first-order valence-electron chi connectivity index (χ1n) is 0.775. The molecular weight excluding hydrogens is 229 g/mol. The van der Waals surface area contributed by atoms with Gasteiger partial charge in [0.15, 0.2) is 0 Å². The number of hydrogen-bond acceptors (Lipinski definition) is 3. The van der Waals surface area contributed by atoms with Crippen LogP contribution in [0.1, 0.15) is 0 Å². The first-order valence-corrected chi connectivity index (χ1v) is 0.775. The van der Waals surface area contributed by atoms with Crippen molar-refractivity contribution in [2.45, 2.75) is 0 Å². The smallest absolute Gasteiger partial charge is 0.402 e. The van der Waals surface area contributed by atoms with Crippen molar-refractivity contribution in [1.82, 2.24) is 0 Å². The molecule has 3 nitrogen and oxygen atoms in total. The molecule has 0 atom stereocenters. The normalized spacial score (nSPS) is 3.38. The maximum absolute atomic E-state index is 7.17. The third kappa shape index (κ3) is 95.7. The van der Waals surface area contributed by atoms with Crippen LogP contribution in [0.15, 0.2) is 0 Å². The van der Waals surface area contributed by atoms with Crippen LogP contribution >= 0.6 is 12.4 Å². The average Bonchev–Trinajstić information content (AvgIpc) is 0.811. The van der Waals surface area contributed by atoms with Crippen LogP contribution in [0.3, 0.4) is 0 Å². The van der Waals surface area contributed by atoms with Gasteiger partial charge in [0, 0.05) is 34.1 Å². The van der Waals surface area contributed by atoms with Crippen LogP contribution in [0.25, 0.3) is 0 Å². The fourth-order valence-corrected chi connectivity index (χ4v) is 0. The van der Waals surface area contributed by atoms with Gasteiger partial charge in [-0.05, 0) is 0 Å². The summed E-state index contributed by atoms with van der Waals surface area (Å²) in [6.07, 6.45) is 0. The van der Waals surface area contributed by atoms with Crippen molar-refractivity contribution in [2.24, 2.45) is 0 Å². The van der Waals surface area contributed by atoms with Crippen LogP contribution in [0.5, 0.6) is 0 Å². The molecule has 0 aliphatic rings. The minimum atomic E-state index is -2.17. The summed E-state index contributed by atoms with van der Waals surface area (Å²) in [5.74, 6) is 0. The Hall–Kier alpha value is 2.04. The van der Waals surface area contributed by atoms with Gasteiger partial charge in [-0.1, -0.05) is 0 Å². The van der Waals surface area contributed by atoms with Gasteiger partial charge in [0.25, 0.3) is 0 Å². The Morgan fingerprint density at radius 2 is 1.00 bits per heavy atom. The Kier molecular flexibility index (Phi) is 92.9. The van der Waals surface area contributed by atoms with Gasteiger partial charge in [0.05, 0.1) is 0 Å². The molecule has 0 aromatic carbocycles. The zero-order valence-electron chi connectivity index (χ0n) is 3.06. The van der Waals surface area contributed by atoms with E-state index in [2.05, 4.69) is 0 Å². The van der Waals surface area contributed by atoms with E-state index in [1.807, 2.05) is 0 Å². The third-order valence-electron chi connectivity index (χ3n) is 0. The molecule has 0 aliphatic carbocycles. The van der Waals surface area contributed by atoms with Crippen LogP contribution in [0.2, 0.25) is 0 Å². The van der Waals surface area contributed by atoms with E-state index >= 15 is 0 Å². The largest absolute Gasteiger partial charge is 0.631 e. The van der Waals surface area contributed by atoms with Gasteiger partial charge in [-0.2, -0.15) is 0 Å². The van der Waals surface area contributed by atoms with Crippen LogP contribution < -0.4 is 0 Å². The second kappa shape index (κ2) is 23.0. The molecule has 0 fully saturated rings. The van der Waals surface area contributed by atoms with E-state index in [-0.39, 0.29) is 69.6 Å². The van der Waals surface area contributed by atoms with Gasteiger partial charge in [-0.25, -0.2) is 0 Å². The Morgan fingerprint density at radius 1 is 1.00 bits per heavy atom. The molecule has 0 heterocycles. The van der Waals surface area contributed by atoms with Crippen molar-refractivity contribution >= 4 is 42.8 Å². The molecule has 0 spiro atoms. The first kappa shape index (κ1) is 32.3. The summed E-state index contributed by atoms with van der Waals surface area (Å²) in [6.45, 7) is 0. The third-order valence-corrected chi connectivity index (χ3v) is 0. The summed E-state index contributed by atoms with van der Waals surface area (Å²) in [5, 5.41) is 21.5. The summed E-state index contributed by atoms with van der Waals surface area (Å²) in [6, 6.07) is 0. The number of hydrogen-bond donors (Lipinski definition) is 3. The van der Waals surface area contributed by atoms with Gasteiger partial charge in [-0.15, -0.1) is 12.4 Å². The molecule has 0 rings (SSSR count). The quantitative estimate of drug-likeness (QED) is 0.405. The zero-order valence-corrected chi connectivity index (χ0v) is 6.16. The first-order chi connectivity index (χ1) is 1.73. The summed E-state index contributed by atoms with van der Waals surface area (Å²) < 4.78 is 0. The number of rotatable bonds is 0. The van der Waals surface area contributed by atoms with E-state index in [1.165, 1.54) is 0 Å². The van der Waals surface area contributed by atoms with E-state index in [1.54, 1.807) is 0 Å². The summed E-state index contributed by atoms with van der Waals surface area (Å²) in [4.78, 5) is 0. The molecule has 0 aliphatic heterocycles. The number of halogens is 1. The molecule has 3 N–H and O–H groups in total. The fraction of sp³-hybridized carbons (Fsp3) is 0. The molecule has 8 heavy (non-hydrogen) atoms. The van der Waals surface area contributed by atoms with Crippen LogP contribution in [0, 0.1) is 0 Å². The van der Waals surface area contributed by atoms with Gasteiger partial charge >= 0.3 is 30.4 Å². The fourth-order valence-electron chi connectivity index (χ4n) is 0. The van der Waals surface area contributed by atoms with Crippen molar-refractivity contribution in [3.8, 4) is 0 Å². The van der Waals surface area contributed by atoms with Gasteiger partial charge in [0.1, 0.15) is 0 Å². The van der Waals surface area contributed by atoms with E-state index in [9.17, 15) is 0 Å². The van der Waals surface area contributed by atoms with Crippen molar-refractivity contribution in [2.75, 3.05) is 0 Å². The zero-order chi connectivity index (χ0) is 3.58. The van der Waals surface area contributed by atoms with Crippen molar-refractivity contribution in [3.63, 3.8) is 0 Å². The topological polar surface area (TPSA) is 60.7 Å². The van der Waals surface area contributed by atoms with Gasteiger partial charge < -0.3 is 15.1 Å². The molecule has 0 unspecified atom stereocenters. The van der Waals surface area contributed by atoms with Crippen LogP contribution in [0.4, 0.5) is 0 Å². The molecule has 0 aromatic rings. The maximum atomic E-state index is 7.17. The Morgan fingerprint density at radius 3 is 1.00 bits per heavy atom. The van der Waals surface area contributed by atoms with E-state index in [0.717, 1.165) is 0 Å². The summed E-state index contributed by atoms with van der Waals surface area (Å²) >= 11 is 0. The van der Waals surface area contributed by atoms with Crippen LogP contribution in [-0.2, 0) is 34.1 Å². The van der Waals surface area contributed by atoms with Crippen molar-refractivity contribution in [3.05, 3.63) is 0 Å². The monoisotopic (exact) mass is 235 g/mol. The molecule has 0 bridgehead atoms. The Balaban J connectivity index is -0.00000000750. The molecule has 8 heteroatoms. The van der Waals surface area contributed by atoms with Crippen molar-refractivity contribution in [1.29, 1.82) is 0 Å². The minimum Gasteiger partial charge on any atom is -0.402 e. The minimum absolute atomic E-state index is 0. The van der Waals surface area contributed by atoms with Gasteiger partial charge in [-0.3, -0.25) is 0 Å². The molecule has 0 amide bonds.